The van der Waals surface area contributed by atoms with Gasteiger partial charge in [-0.25, -0.2) is 4.98 Å². The highest BCUT2D eigenvalue weighted by Crippen LogP contribution is 2.38. The van der Waals surface area contributed by atoms with E-state index >= 15 is 0 Å². The Kier molecular flexibility index (Phi) is 4.76. The summed E-state index contributed by atoms with van der Waals surface area (Å²) in [7, 11) is 0. The third-order valence-corrected chi connectivity index (χ3v) is 7.23. The van der Waals surface area contributed by atoms with Crippen LogP contribution in [0.1, 0.15) is 0 Å². The maximum atomic E-state index is 6.13. The number of fused-ring (bicyclic) bond motifs is 4. The van der Waals surface area contributed by atoms with Crippen LogP contribution in [0.15, 0.2) is 137 Å². The number of hydrogen-bond acceptors (Lipinski definition) is 4. The lowest BCUT2D eigenvalue weighted by Crippen LogP contribution is -1.95. The highest BCUT2D eigenvalue weighted by molar-refractivity contribution is 6.11. The summed E-state index contributed by atoms with van der Waals surface area (Å²) in [6.45, 7) is 0. The fourth-order valence-corrected chi connectivity index (χ4v) is 5.37. The summed E-state index contributed by atoms with van der Waals surface area (Å²) in [4.78, 5) is 9.33. The molecule has 0 bridgehead atoms. The van der Waals surface area contributed by atoms with E-state index in [4.69, 9.17) is 13.8 Å². The fraction of sp³-hybridized carbons (Fsp3) is 0. The summed E-state index contributed by atoms with van der Waals surface area (Å²) in [5.41, 5.74) is 9.98. The summed E-state index contributed by atoms with van der Waals surface area (Å²) < 4.78 is 13.8. The van der Waals surface area contributed by atoms with Crippen LogP contribution in [0.3, 0.4) is 0 Å². The van der Waals surface area contributed by atoms with Crippen molar-refractivity contribution in [3.8, 4) is 39.5 Å². The molecule has 0 unspecified atom stereocenters. The number of oxazole rings is 1. The van der Waals surface area contributed by atoms with E-state index in [-0.39, 0.29) is 0 Å². The van der Waals surface area contributed by atoms with Crippen molar-refractivity contribution in [2.45, 2.75) is 0 Å². The van der Waals surface area contributed by atoms with Crippen molar-refractivity contribution in [1.82, 2.24) is 14.5 Å². The average Bonchev–Trinajstić information content (AvgIpc) is 3.75. The molecule has 39 heavy (non-hydrogen) atoms. The minimum absolute atomic E-state index is 0.608. The average molecular weight is 504 g/mol. The van der Waals surface area contributed by atoms with Gasteiger partial charge in [0.05, 0.1) is 29.3 Å². The van der Waals surface area contributed by atoms with E-state index in [1.807, 2.05) is 54.7 Å². The van der Waals surface area contributed by atoms with Gasteiger partial charge in [-0.3, -0.25) is 4.98 Å². The quantitative estimate of drug-likeness (QED) is 0.241. The summed E-state index contributed by atoms with van der Waals surface area (Å²) in [5, 5.41) is 2.31. The van der Waals surface area contributed by atoms with Crippen LogP contribution in [0.4, 0.5) is 0 Å². The second-order valence-electron chi connectivity index (χ2n) is 9.56. The second kappa shape index (κ2) is 8.57. The van der Waals surface area contributed by atoms with Crippen molar-refractivity contribution < 1.29 is 8.83 Å². The number of furan rings is 1. The second-order valence-corrected chi connectivity index (χ2v) is 9.56. The molecule has 0 saturated carbocycles. The van der Waals surface area contributed by atoms with Gasteiger partial charge in [0.1, 0.15) is 5.52 Å². The van der Waals surface area contributed by atoms with Crippen molar-refractivity contribution in [3.05, 3.63) is 128 Å². The minimum atomic E-state index is 0.608. The fourth-order valence-electron chi connectivity index (χ4n) is 5.37. The predicted molar refractivity (Wildman–Crippen MR) is 155 cm³/mol. The van der Waals surface area contributed by atoms with Crippen LogP contribution in [-0.4, -0.2) is 14.5 Å². The molecule has 0 amide bonds. The van der Waals surface area contributed by atoms with Gasteiger partial charge in [0.2, 0.25) is 5.89 Å². The van der Waals surface area contributed by atoms with Gasteiger partial charge in [0.25, 0.3) is 0 Å². The molecule has 4 aromatic heterocycles. The molecule has 8 aromatic rings. The van der Waals surface area contributed by atoms with Crippen LogP contribution >= 0.6 is 0 Å². The predicted octanol–water partition coefficient (Wildman–Crippen LogP) is 8.91. The number of benzene rings is 4. The van der Waals surface area contributed by atoms with Crippen molar-refractivity contribution in [2.75, 3.05) is 0 Å². The first-order chi connectivity index (χ1) is 19.3. The molecule has 0 spiro atoms. The summed E-state index contributed by atoms with van der Waals surface area (Å²) in [6.07, 6.45) is 5.31. The lowest BCUT2D eigenvalue weighted by Gasteiger charge is -2.10. The van der Waals surface area contributed by atoms with Gasteiger partial charge >= 0.3 is 0 Å². The molecule has 4 heterocycles. The number of aromatic nitrogens is 3. The Hall–Kier alpha value is -5.42. The molecule has 0 N–H and O–H groups in total. The molecule has 5 nitrogen and oxygen atoms in total. The molecule has 0 aliphatic heterocycles. The minimum Gasteiger partial charge on any atom is -0.472 e. The van der Waals surface area contributed by atoms with Crippen LogP contribution in [-0.2, 0) is 0 Å². The maximum Gasteiger partial charge on any atom is 0.227 e. The lowest BCUT2D eigenvalue weighted by atomic mass is 10.0. The molecule has 5 heteroatoms. The van der Waals surface area contributed by atoms with E-state index in [2.05, 4.69) is 70.2 Å². The van der Waals surface area contributed by atoms with E-state index in [1.54, 1.807) is 12.5 Å². The molecule has 0 saturated heterocycles. The Bertz CT molecular complexity index is 2090. The Balaban J connectivity index is 1.39. The molecule has 0 radical (unpaired) electrons. The monoisotopic (exact) mass is 503 g/mol. The SMILES string of the molecule is c1ccc(-c2cccc(-n3c4ccc(-c5ccoc5)cc4c4ccc(-c5nc6ccccc6o5)cc43)c2)nc1. The van der Waals surface area contributed by atoms with E-state index in [0.29, 0.717) is 5.89 Å². The Labute approximate surface area is 223 Å². The number of nitrogens with zero attached hydrogens (tertiary/aromatic N) is 3. The molecule has 184 valence electrons. The van der Waals surface area contributed by atoms with Gasteiger partial charge < -0.3 is 13.4 Å². The van der Waals surface area contributed by atoms with Gasteiger partial charge in [-0.05, 0) is 72.3 Å². The lowest BCUT2D eigenvalue weighted by molar-refractivity contribution is 0.568. The summed E-state index contributed by atoms with van der Waals surface area (Å²) in [5.74, 6) is 0.608. The standard InChI is InChI=1S/C34H21N3O2/c1-2-10-33-30(9-1)36-34(39-33)24-11-13-27-28-19-22(25-15-17-38-21-25)12-14-31(28)37(32(27)20-24)26-7-5-6-23(18-26)29-8-3-4-16-35-29/h1-21H. The van der Waals surface area contributed by atoms with E-state index in [9.17, 15) is 0 Å². The largest absolute Gasteiger partial charge is 0.472 e. The Morgan fingerprint density at radius 1 is 0.615 bits per heavy atom. The number of para-hydroxylation sites is 2. The first-order valence-corrected chi connectivity index (χ1v) is 12.8. The summed E-state index contributed by atoms with van der Waals surface area (Å²) >= 11 is 0. The van der Waals surface area contributed by atoms with Crippen molar-refractivity contribution in [2.24, 2.45) is 0 Å². The molecular formula is C34H21N3O2. The molecule has 0 atom stereocenters. The van der Waals surface area contributed by atoms with Crippen molar-refractivity contribution in [3.63, 3.8) is 0 Å². The maximum absolute atomic E-state index is 6.13. The van der Waals surface area contributed by atoms with Gasteiger partial charge in [-0.2, -0.15) is 0 Å². The van der Waals surface area contributed by atoms with Crippen LogP contribution in [0.25, 0.3) is 72.4 Å². The van der Waals surface area contributed by atoms with Crippen LogP contribution < -0.4 is 0 Å². The van der Waals surface area contributed by atoms with Crippen molar-refractivity contribution in [1.29, 1.82) is 0 Å². The van der Waals surface area contributed by atoms with Gasteiger partial charge in [0.15, 0.2) is 5.58 Å². The Morgan fingerprint density at radius 2 is 1.54 bits per heavy atom. The molecular weight excluding hydrogens is 482 g/mol. The van der Waals surface area contributed by atoms with E-state index < -0.39 is 0 Å². The Morgan fingerprint density at radius 3 is 2.41 bits per heavy atom. The zero-order valence-electron chi connectivity index (χ0n) is 20.8. The van der Waals surface area contributed by atoms with Crippen molar-refractivity contribution >= 4 is 32.9 Å². The molecule has 0 aliphatic rings. The number of rotatable bonds is 4. The molecule has 0 aliphatic carbocycles. The van der Waals surface area contributed by atoms with Gasteiger partial charge in [-0.15, -0.1) is 0 Å². The number of hydrogen-bond donors (Lipinski definition) is 0. The topological polar surface area (TPSA) is 57.0 Å². The molecule has 8 rings (SSSR count). The van der Waals surface area contributed by atoms with Gasteiger partial charge in [-0.1, -0.05) is 42.5 Å². The highest BCUT2D eigenvalue weighted by atomic mass is 16.3. The zero-order valence-corrected chi connectivity index (χ0v) is 20.8. The number of pyridine rings is 1. The highest BCUT2D eigenvalue weighted by Gasteiger charge is 2.17. The smallest absolute Gasteiger partial charge is 0.227 e. The van der Waals surface area contributed by atoms with E-state index in [1.165, 1.54) is 0 Å². The van der Waals surface area contributed by atoms with Crippen LogP contribution in [0.2, 0.25) is 0 Å². The van der Waals surface area contributed by atoms with E-state index in [0.717, 1.165) is 66.5 Å². The third-order valence-electron chi connectivity index (χ3n) is 7.23. The zero-order chi connectivity index (χ0) is 25.8. The normalized spacial score (nSPS) is 11.6. The van der Waals surface area contributed by atoms with Crippen LogP contribution in [0, 0.1) is 0 Å². The molecule has 0 fully saturated rings. The van der Waals surface area contributed by atoms with Crippen LogP contribution in [0.5, 0.6) is 0 Å². The summed E-state index contributed by atoms with van der Waals surface area (Å²) in [6, 6.07) is 37.3. The molecule has 4 aromatic carbocycles. The van der Waals surface area contributed by atoms with Gasteiger partial charge in [0, 0.05) is 39.3 Å². The first kappa shape index (κ1) is 21.6. The third kappa shape index (κ3) is 3.55. The first-order valence-electron chi connectivity index (χ1n) is 12.8.